The number of aromatic nitrogens is 1. The first-order chi connectivity index (χ1) is 10.5. The van der Waals surface area contributed by atoms with Gasteiger partial charge in [-0.2, -0.15) is 5.26 Å². The van der Waals surface area contributed by atoms with E-state index in [-0.39, 0.29) is 11.7 Å². The van der Waals surface area contributed by atoms with Gasteiger partial charge in [0.1, 0.15) is 11.1 Å². The van der Waals surface area contributed by atoms with Crippen LogP contribution in [0.5, 0.6) is 0 Å². The minimum atomic E-state index is -0.112. The number of thioether (sulfide) groups is 1. The number of hydrogen-bond acceptors (Lipinski definition) is 4. The fourth-order valence-corrected chi connectivity index (χ4v) is 2.91. The minimum Gasteiger partial charge on any atom is -0.325 e. The third kappa shape index (κ3) is 4.09. The Morgan fingerprint density at radius 1 is 1.27 bits per heavy atom. The molecule has 0 spiro atoms. The Kier molecular flexibility index (Phi) is 5.18. The molecular weight excluding hydrogens is 294 g/mol. The lowest BCUT2D eigenvalue weighted by molar-refractivity contribution is -0.113. The van der Waals surface area contributed by atoms with Crippen molar-refractivity contribution < 1.29 is 4.79 Å². The van der Waals surface area contributed by atoms with Gasteiger partial charge in [0, 0.05) is 11.4 Å². The molecule has 0 unspecified atom stereocenters. The normalized spacial score (nSPS) is 10.1. The molecule has 0 aliphatic heterocycles. The van der Waals surface area contributed by atoms with Crippen LogP contribution in [0.15, 0.2) is 35.4 Å². The second-order valence-electron chi connectivity index (χ2n) is 5.08. The molecular formula is C17H17N3OS. The van der Waals surface area contributed by atoms with Gasteiger partial charge in [-0.15, -0.1) is 0 Å². The number of aryl methyl sites for hydroxylation is 3. The van der Waals surface area contributed by atoms with Gasteiger partial charge in [0.2, 0.25) is 5.91 Å². The van der Waals surface area contributed by atoms with Crippen LogP contribution in [-0.4, -0.2) is 16.6 Å². The highest BCUT2D eigenvalue weighted by Crippen LogP contribution is 2.23. The smallest absolute Gasteiger partial charge is 0.234 e. The Morgan fingerprint density at radius 3 is 2.59 bits per heavy atom. The van der Waals surface area contributed by atoms with Crippen LogP contribution < -0.4 is 5.32 Å². The molecule has 0 atom stereocenters. The molecule has 1 aromatic heterocycles. The van der Waals surface area contributed by atoms with Gasteiger partial charge in [0.15, 0.2) is 0 Å². The standard InChI is InChI=1S/C17H17N3OS/c1-11-4-6-14(7-5-11)20-16(21)10-22-17-15(9-18)12(2)8-13(3)19-17/h4-8H,10H2,1-3H3,(H,20,21). The Bertz CT molecular complexity index is 733. The topological polar surface area (TPSA) is 65.8 Å². The van der Waals surface area contributed by atoms with Crippen LogP contribution in [0.1, 0.15) is 22.4 Å². The van der Waals surface area contributed by atoms with Crippen LogP contribution in [-0.2, 0) is 4.79 Å². The van der Waals surface area contributed by atoms with Crippen molar-refractivity contribution in [1.82, 2.24) is 4.98 Å². The maximum atomic E-state index is 12.0. The average molecular weight is 311 g/mol. The van der Waals surface area contributed by atoms with Crippen molar-refractivity contribution in [2.45, 2.75) is 25.8 Å². The number of carbonyl (C=O) groups excluding carboxylic acids is 1. The van der Waals surface area contributed by atoms with Crippen molar-refractivity contribution in [3.8, 4) is 6.07 Å². The second kappa shape index (κ2) is 7.10. The summed E-state index contributed by atoms with van der Waals surface area (Å²) in [5.41, 5.74) is 4.18. The first-order valence-electron chi connectivity index (χ1n) is 6.87. The lowest BCUT2D eigenvalue weighted by Gasteiger charge is -2.08. The van der Waals surface area contributed by atoms with Gasteiger partial charge in [-0.1, -0.05) is 29.5 Å². The summed E-state index contributed by atoms with van der Waals surface area (Å²) >= 11 is 1.28. The number of nitrogens with zero attached hydrogens (tertiary/aromatic N) is 2. The maximum absolute atomic E-state index is 12.0. The highest BCUT2D eigenvalue weighted by molar-refractivity contribution is 8.00. The maximum Gasteiger partial charge on any atom is 0.234 e. The number of anilines is 1. The molecule has 0 fully saturated rings. The first-order valence-corrected chi connectivity index (χ1v) is 7.86. The van der Waals surface area contributed by atoms with E-state index in [1.165, 1.54) is 11.8 Å². The van der Waals surface area contributed by atoms with Gasteiger partial charge in [0.25, 0.3) is 0 Å². The fraction of sp³-hybridized carbons (Fsp3) is 0.235. The van der Waals surface area contributed by atoms with Crippen molar-refractivity contribution in [3.63, 3.8) is 0 Å². The summed E-state index contributed by atoms with van der Waals surface area (Å²) in [6.45, 7) is 5.75. The monoisotopic (exact) mass is 311 g/mol. The number of nitriles is 1. The quantitative estimate of drug-likeness (QED) is 0.876. The minimum absolute atomic E-state index is 0.112. The van der Waals surface area contributed by atoms with Crippen molar-refractivity contribution >= 4 is 23.4 Å². The van der Waals surface area contributed by atoms with E-state index >= 15 is 0 Å². The molecule has 0 bridgehead atoms. The summed E-state index contributed by atoms with van der Waals surface area (Å²) in [5.74, 6) is 0.108. The fourth-order valence-electron chi connectivity index (χ4n) is 2.01. The van der Waals surface area contributed by atoms with Gasteiger partial charge in [-0.3, -0.25) is 4.79 Å². The van der Waals surface area contributed by atoms with E-state index in [9.17, 15) is 10.1 Å². The van der Waals surface area contributed by atoms with Gasteiger partial charge in [-0.25, -0.2) is 4.98 Å². The molecule has 1 heterocycles. The van der Waals surface area contributed by atoms with Gasteiger partial charge in [0.05, 0.1) is 11.3 Å². The molecule has 0 saturated heterocycles. The summed E-state index contributed by atoms with van der Waals surface area (Å²) < 4.78 is 0. The molecule has 2 aromatic rings. The Hall–Kier alpha value is -2.32. The van der Waals surface area contributed by atoms with Crippen LogP contribution in [0.4, 0.5) is 5.69 Å². The molecule has 5 heteroatoms. The zero-order valence-corrected chi connectivity index (χ0v) is 13.6. The van der Waals surface area contributed by atoms with E-state index in [2.05, 4.69) is 16.4 Å². The van der Waals surface area contributed by atoms with E-state index in [1.54, 1.807) is 0 Å². The molecule has 112 valence electrons. The molecule has 1 amide bonds. The number of benzene rings is 1. The zero-order valence-electron chi connectivity index (χ0n) is 12.8. The van der Waals surface area contributed by atoms with Gasteiger partial charge < -0.3 is 5.32 Å². The number of carbonyl (C=O) groups is 1. The lowest BCUT2D eigenvalue weighted by atomic mass is 10.1. The molecule has 2 rings (SSSR count). The number of amides is 1. The van der Waals surface area contributed by atoms with Crippen LogP contribution in [0.2, 0.25) is 0 Å². The molecule has 0 aliphatic rings. The molecule has 22 heavy (non-hydrogen) atoms. The molecule has 4 nitrogen and oxygen atoms in total. The lowest BCUT2D eigenvalue weighted by Crippen LogP contribution is -2.14. The molecule has 1 aromatic carbocycles. The van der Waals surface area contributed by atoms with Gasteiger partial charge >= 0.3 is 0 Å². The molecule has 1 N–H and O–H groups in total. The predicted octanol–water partition coefficient (Wildman–Crippen LogP) is 3.61. The van der Waals surface area contributed by atoms with Crippen LogP contribution in [0, 0.1) is 32.1 Å². The second-order valence-corrected chi connectivity index (χ2v) is 6.04. The first kappa shape index (κ1) is 16.1. The van der Waals surface area contributed by atoms with Crippen LogP contribution >= 0.6 is 11.8 Å². The summed E-state index contributed by atoms with van der Waals surface area (Å²) in [6, 6.07) is 11.7. The van der Waals surface area contributed by atoms with E-state index in [0.717, 1.165) is 22.5 Å². The summed E-state index contributed by atoms with van der Waals surface area (Å²) in [6.07, 6.45) is 0. The van der Waals surface area contributed by atoms with E-state index in [1.807, 2.05) is 51.1 Å². The number of pyridine rings is 1. The Balaban J connectivity index is 2.02. The van der Waals surface area contributed by atoms with E-state index in [0.29, 0.717) is 10.6 Å². The summed E-state index contributed by atoms with van der Waals surface area (Å²) in [7, 11) is 0. The number of nitrogens with one attached hydrogen (secondary N) is 1. The van der Waals surface area contributed by atoms with Gasteiger partial charge in [-0.05, 0) is 44.5 Å². The summed E-state index contributed by atoms with van der Waals surface area (Å²) in [4.78, 5) is 16.4. The predicted molar refractivity (Wildman–Crippen MR) is 89.0 cm³/mol. The van der Waals surface area contributed by atoms with Crippen molar-refractivity contribution in [1.29, 1.82) is 5.26 Å². The van der Waals surface area contributed by atoms with E-state index < -0.39 is 0 Å². The third-order valence-electron chi connectivity index (χ3n) is 3.10. The largest absolute Gasteiger partial charge is 0.325 e. The van der Waals surface area contributed by atoms with Crippen molar-refractivity contribution in [3.05, 3.63) is 52.7 Å². The summed E-state index contributed by atoms with van der Waals surface area (Å²) in [5, 5.41) is 12.7. The van der Waals surface area contributed by atoms with E-state index in [4.69, 9.17) is 0 Å². The van der Waals surface area contributed by atoms with Crippen LogP contribution in [0.25, 0.3) is 0 Å². The SMILES string of the molecule is Cc1ccc(NC(=O)CSc2nc(C)cc(C)c2C#N)cc1. The van der Waals surface area contributed by atoms with Crippen molar-refractivity contribution in [2.24, 2.45) is 0 Å². The molecule has 0 saturated carbocycles. The zero-order chi connectivity index (χ0) is 16.1. The average Bonchev–Trinajstić information content (AvgIpc) is 2.47. The number of rotatable bonds is 4. The van der Waals surface area contributed by atoms with Crippen molar-refractivity contribution in [2.75, 3.05) is 11.1 Å². The highest BCUT2D eigenvalue weighted by atomic mass is 32.2. The Labute approximate surface area is 134 Å². The van der Waals surface area contributed by atoms with Crippen LogP contribution in [0.3, 0.4) is 0 Å². The molecule has 0 aliphatic carbocycles. The molecule has 0 radical (unpaired) electrons. The Morgan fingerprint density at radius 2 is 1.95 bits per heavy atom. The number of hydrogen-bond donors (Lipinski definition) is 1. The highest BCUT2D eigenvalue weighted by Gasteiger charge is 2.11. The third-order valence-corrected chi connectivity index (χ3v) is 4.07.